The van der Waals surface area contributed by atoms with Crippen molar-refractivity contribution in [1.29, 1.82) is 5.26 Å². The molecule has 3 aromatic heterocycles. The van der Waals surface area contributed by atoms with Crippen LogP contribution in [0.2, 0.25) is 0 Å². The first-order chi connectivity index (χ1) is 16.6. The molecular weight excluding hydrogens is 463 g/mol. The Labute approximate surface area is 197 Å². The fourth-order valence-electron chi connectivity index (χ4n) is 4.00. The number of nitrogens with one attached hydrogen (secondary N) is 1. The van der Waals surface area contributed by atoms with Crippen LogP contribution in [0, 0.1) is 18.3 Å². The summed E-state index contributed by atoms with van der Waals surface area (Å²) < 4.78 is 42.6. The van der Waals surface area contributed by atoms with Crippen LogP contribution in [-0.2, 0) is 25.6 Å². The molecular formula is C23H20F3N7O2. The van der Waals surface area contributed by atoms with Gasteiger partial charge in [0.1, 0.15) is 11.8 Å². The first-order valence-corrected chi connectivity index (χ1v) is 10.7. The van der Waals surface area contributed by atoms with Gasteiger partial charge in [-0.1, -0.05) is 0 Å². The molecule has 0 saturated carbocycles. The molecule has 180 valence electrons. The second kappa shape index (κ2) is 9.17. The summed E-state index contributed by atoms with van der Waals surface area (Å²) in [6, 6.07) is 6.15. The second-order valence-electron chi connectivity index (χ2n) is 8.12. The van der Waals surface area contributed by atoms with Crippen molar-refractivity contribution in [2.24, 2.45) is 5.73 Å². The number of amides is 2. The number of halogens is 3. The summed E-state index contributed by atoms with van der Waals surface area (Å²) in [7, 11) is 0. The monoisotopic (exact) mass is 483 g/mol. The van der Waals surface area contributed by atoms with E-state index < -0.39 is 29.4 Å². The van der Waals surface area contributed by atoms with Crippen molar-refractivity contribution in [3.05, 3.63) is 69.6 Å². The maximum atomic E-state index is 13.8. The number of carbonyl (C=O) groups excluding carboxylic acids is 2. The van der Waals surface area contributed by atoms with E-state index in [-0.39, 0.29) is 23.5 Å². The second-order valence-corrected chi connectivity index (χ2v) is 8.12. The van der Waals surface area contributed by atoms with Gasteiger partial charge in [0, 0.05) is 17.5 Å². The summed E-state index contributed by atoms with van der Waals surface area (Å²) in [5.41, 5.74) is 5.46. The number of rotatable bonds is 5. The smallest absolute Gasteiger partial charge is 0.364 e. The SMILES string of the molecule is Cc1c(NC(=O)c2cc(C(N)=O)nc3c2CCCC3)c(C(F)(F)F)nn1Cc1ccc(C#N)cn1. The lowest BCUT2D eigenvalue weighted by molar-refractivity contribution is -0.140. The number of nitriles is 1. The Hall–Kier alpha value is -4.27. The summed E-state index contributed by atoms with van der Waals surface area (Å²) in [6.07, 6.45) is -0.876. The number of hydrogen-bond donors (Lipinski definition) is 2. The third kappa shape index (κ3) is 4.84. The van der Waals surface area contributed by atoms with E-state index in [0.717, 1.165) is 17.5 Å². The number of hydrogen-bond acceptors (Lipinski definition) is 6. The Morgan fingerprint density at radius 1 is 1.26 bits per heavy atom. The molecule has 3 aromatic rings. The van der Waals surface area contributed by atoms with E-state index in [2.05, 4.69) is 20.4 Å². The number of aromatic nitrogens is 4. The number of nitrogens with zero attached hydrogens (tertiary/aromatic N) is 5. The average molecular weight is 483 g/mol. The van der Waals surface area contributed by atoms with Crippen LogP contribution in [0.5, 0.6) is 0 Å². The van der Waals surface area contributed by atoms with E-state index in [1.165, 1.54) is 31.3 Å². The van der Waals surface area contributed by atoms with Crippen molar-refractivity contribution < 1.29 is 22.8 Å². The van der Waals surface area contributed by atoms with Crippen LogP contribution in [0.15, 0.2) is 24.4 Å². The lowest BCUT2D eigenvalue weighted by atomic mass is 9.91. The van der Waals surface area contributed by atoms with Gasteiger partial charge in [-0.25, -0.2) is 4.98 Å². The molecule has 3 N–H and O–H groups in total. The zero-order chi connectivity index (χ0) is 25.3. The zero-order valence-electron chi connectivity index (χ0n) is 18.6. The van der Waals surface area contributed by atoms with Gasteiger partial charge in [-0.2, -0.15) is 23.5 Å². The van der Waals surface area contributed by atoms with Crippen molar-refractivity contribution in [3.8, 4) is 6.07 Å². The van der Waals surface area contributed by atoms with Gasteiger partial charge in [0.2, 0.25) is 0 Å². The fourth-order valence-corrected chi connectivity index (χ4v) is 4.00. The first kappa shape index (κ1) is 23.9. The van der Waals surface area contributed by atoms with Gasteiger partial charge >= 0.3 is 6.18 Å². The Balaban J connectivity index is 1.72. The maximum absolute atomic E-state index is 13.8. The van der Waals surface area contributed by atoms with Crippen LogP contribution in [0.1, 0.15) is 67.6 Å². The van der Waals surface area contributed by atoms with Crippen molar-refractivity contribution in [2.45, 2.75) is 45.3 Å². The van der Waals surface area contributed by atoms with Crippen molar-refractivity contribution in [3.63, 3.8) is 0 Å². The first-order valence-electron chi connectivity index (χ1n) is 10.7. The Morgan fingerprint density at radius 2 is 2.00 bits per heavy atom. The van der Waals surface area contributed by atoms with E-state index in [1.807, 2.05) is 6.07 Å². The molecule has 2 amide bonds. The van der Waals surface area contributed by atoms with Gasteiger partial charge < -0.3 is 11.1 Å². The Bertz CT molecular complexity index is 1360. The number of aryl methyl sites for hydroxylation is 1. The van der Waals surface area contributed by atoms with Crippen LogP contribution in [0.3, 0.4) is 0 Å². The number of primary amides is 1. The summed E-state index contributed by atoms with van der Waals surface area (Å²) in [6.45, 7) is 1.30. The largest absolute Gasteiger partial charge is 0.437 e. The van der Waals surface area contributed by atoms with E-state index >= 15 is 0 Å². The topological polar surface area (TPSA) is 140 Å². The quantitative estimate of drug-likeness (QED) is 0.571. The van der Waals surface area contributed by atoms with Crippen molar-refractivity contribution in [2.75, 3.05) is 5.32 Å². The highest BCUT2D eigenvalue weighted by Crippen LogP contribution is 2.36. The third-order valence-corrected chi connectivity index (χ3v) is 5.78. The lowest BCUT2D eigenvalue weighted by Crippen LogP contribution is -2.23. The Morgan fingerprint density at radius 3 is 2.63 bits per heavy atom. The molecule has 35 heavy (non-hydrogen) atoms. The van der Waals surface area contributed by atoms with Crippen molar-refractivity contribution >= 4 is 17.5 Å². The highest BCUT2D eigenvalue weighted by molar-refractivity contribution is 6.07. The minimum Gasteiger partial charge on any atom is -0.364 e. The maximum Gasteiger partial charge on any atom is 0.437 e. The van der Waals surface area contributed by atoms with Crippen LogP contribution < -0.4 is 11.1 Å². The van der Waals surface area contributed by atoms with Crippen molar-refractivity contribution in [1.82, 2.24) is 19.7 Å². The standard InChI is InChI=1S/C23H20F3N7O2/c1-12-19(20(23(24,25)26)32-33(12)11-14-7-6-13(9-27)10-29-14)31-22(35)16-8-18(21(28)34)30-17-5-3-2-4-15(16)17/h6-8,10H,2-5,11H2,1H3,(H2,28,34)(H,31,35). The van der Waals surface area contributed by atoms with E-state index in [9.17, 15) is 22.8 Å². The molecule has 0 fully saturated rings. The minimum atomic E-state index is -4.84. The van der Waals surface area contributed by atoms with Crippen LogP contribution >= 0.6 is 0 Å². The lowest BCUT2D eigenvalue weighted by Gasteiger charge is -2.19. The molecule has 0 bridgehead atoms. The third-order valence-electron chi connectivity index (χ3n) is 5.78. The summed E-state index contributed by atoms with van der Waals surface area (Å²) in [4.78, 5) is 33.2. The predicted octanol–water partition coefficient (Wildman–Crippen LogP) is 3.15. The van der Waals surface area contributed by atoms with Gasteiger partial charge in [-0.15, -0.1) is 0 Å². The summed E-state index contributed by atoms with van der Waals surface area (Å²) >= 11 is 0. The average Bonchev–Trinajstić information content (AvgIpc) is 3.14. The molecule has 0 unspecified atom stereocenters. The number of carbonyl (C=O) groups is 2. The molecule has 0 saturated heterocycles. The predicted molar refractivity (Wildman–Crippen MR) is 117 cm³/mol. The Kier molecular flexibility index (Phi) is 6.26. The van der Waals surface area contributed by atoms with E-state index in [4.69, 9.17) is 11.0 Å². The van der Waals surface area contributed by atoms with Crippen LogP contribution in [0.25, 0.3) is 0 Å². The van der Waals surface area contributed by atoms with Gasteiger partial charge in [0.05, 0.1) is 29.2 Å². The number of alkyl halides is 3. The molecule has 0 radical (unpaired) electrons. The molecule has 1 aliphatic carbocycles. The van der Waals surface area contributed by atoms with E-state index in [0.29, 0.717) is 35.4 Å². The number of nitrogens with two attached hydrogens (primary N) is 1. The molecule has 0 aromatic carbocycles. The zero-order valence-corrected chi connectivity index (χ0v) is 18.6. The van der Waals surface area contributed by atoms with E-state index in [1.54, 1.807) is 0 Å². The molecule has 12 heteroatoms. The van der Waals surface area contributed by atoms with Gasteiger partial charge in [-0.05, 0) is 56.4 Å². The number of fused-ring (bicyclic) bond motifs is 1. The highest BCUT2D eigenvalue weighted by atomic mass is 19.4. The molecule has 9 nitrogen and oxygen atoms in total. The number of pyridine rings is 2. The number of anilines is 1. The molecule has 0 aliphatic heterocycles. The normalized spacial score (nSPS) is 13.1. The summed E-state index contributed by atoms with van der Waals surface area (Å²) in [5.74, 6) is -1.64. The van der Waals surface area contributed by atoms with Crippen LogP contribution in [-0.4, -0.2) is 31.6 Å². The van der Waals surface area contributed by atoms with Crippen LogP contribution in [0.4, 0.5) is 18.9 Å². The molecule has 0 atom stereocenters. The highest BCUT2D eigenvalue weighted by Gasteiger charge is 2.39. The summed E-state index contributed by atoms with van der Waals surface area (Å²) in [5, 5.41) is 14.9. The molecule has 0 spiro atoms. The van der Waals surface area contributed by atoms with Gasteiger partial charge in [0.15, 0.2) is 5.69 Å². The molecule has 4 rings (SSSR count). The van der Waals surface area contributed by atoms with Gasteiger partial charge in [0.25, 0.3) is 11.8 Å². The fraction of sp³-hybridized carbons (Fsp3) is 0.304. The molecule has 3 heterocycles. The van der Waals surface area contributed by atoms with Gasteiger partial charge in [-0.3, -0.25) is 19.3 Å². The molecule has 1 aliphatic rings. The minimum absolute atomic E-state index is 0.0647.